The maximum Gasteiger partial charge on any atom is 0.230 e. The molecular weight excluding hydrogens is 352 g/mol. The first-order valence-corrected chi connectivity index (χ1v) is 10.1. The summed E-state index contributed by atoms with van der Waals surface area (Å²) in [6, 6.07) is 12.5. The van der Waals surface area contributed by atoms with E-state index in [1.54, 1.807) is 11.3 Å². The van der Waals surface area contributed by atoms with Crippen molar-refractivity contribution in [2.45, 2.75) is 30.5 Å². The maximum absolute atomic E-state index is 12.3. The Labute approximate surface area is 154 Å². The SMILES string of the molecule is O=C(CSc1n[nH]c(-c2cccs2)n1)N[C@@H]1CCCc2ccccc21. The van der Waals surface area contributed by atoms with Crippen molar-refractivity contribution >= 4 is 29.0 Å². The number of hydrogen-bond donors (Lipinski definition) is 2. The number of aromatic nitrogens is 3. The summed E-state index contributed by atoms with van der Waals surface area (Å²) in [5, 5.41) is 12.9. The van der Waals surface area contributed by atoms with Gasteiger partial charge in [0.25, 0.3) is 0 Å². The second-order valence-corrected chi connectivity index (χ2v) is 7.83. The van der Waals surface area contributed by atoms with E-state index in [1.807, 2.05) is 23.6 Å². The number of nitrogens with one attached hydrogen (secondary N) is 2. The van der Waals surface area contributed by atoms with Crippen LogP contribution in [0.2, 0.25) is 0 Å². The van der Waals surface area contributed by atoms with Crippen LogP contribution in [0.5, 0.6) is 0 Å². The van der Waals surface area contributed by atoms with Crippen molar-refractivity contribution in [3.63, 3.8) is 0 Å². The average molecular weight is 371 g/mol. The van der Waals surface area contributed by atoms with Crippen molar-refractivity contribution in [3.8, 4) is 10.7 Å². The fourth-order valence-electron chi connectivity index (χ4n) is 3.10. The number of amides is 1. The summed E-state index contributed by atoms with van der Waals surface area (Å²) >= 11 is 2.96. The number of thiophene rings is 1. The summed E-state index contributed by atoms with van der Waals surface area (Å²) in [6.45, 7) is 0. The number of benzene rings is 1. The Morgan fingerprint density at radius 1 is 1.32 bits per heavy atom. The molecule has 0 bridgehead atoms. The molecule has 1 aromatic carbocycles. The van der Waals surface area contributed by atoms with E-state index in [4.69, 9.17) is 0 Å². The first-order chi connectivity index (χ1) is 12.3. The zero-order chi connectivity index (χ0) is 17.1. The van der Waals surface area contributed by atoms with Crippen LogP contribution < -0.4 is 5.32 Å². The van der Waals surface area contributed by atoms with Crippen LogP contribution in [0.3, 0.4) is 0 Å². The highest BCUT2D eigenvalue weighted by atomic mass is 32.2. The molecule has 2 N–H and O–H groups in total. The molecule has 2 aromatic heterocycles. The lowest BCUT2D eigenvalue weighted by atomic mass is 9.88. The van der Waals surface area contributed by atoms with E-state index in [9.17, 15) is 4.79 Å². The molecule has 7 heteroatoms. The van der Waals surface area contributed by atoms with E-state index in [2.05, 4.69) is 38.7 Å². The number of H-pyrrole nitrogens is 1. The number of aryl methyl sites for hydroxylation is 1. The fraction of sp³-hybridized carbons (Fsp3) is 0.278. The van der Waals surface area contributed by atoms with Crippen molar-refractivity contribution in [3.05, 3.63) is 52.9 Å². The molecule has 1 aliphatic rings. The van der Waals surface area contributed by atoms with Gasteiger partial charge in [-0.1, -0.05) is 42.1 Å². The van der Waals surface area contributed by atoms with Gasteiger partial charge in [-0.25, -0.2) is 4.98 Å². The molecule has 0 fully saturated rings. The van der Waals surface area contributed by atoms with Crippen LogP contribution >= 0.6 is 23.1 Å². The summed E-state index contributed by atoms with van der Waals surface area (Å²) in [5.41, 5.74) is 2.60. The Bertz CT molecular complexity index is 860. The lowest BCUT2D eigenvalue weighted by Gasteiger charge is -2.26. The normalized spacial score (nSPS) is 16.4. The van der Waals surface area contributed by atoms with Crippen LogP contribution in [0.4, 0.5) is 0 Å². The van der Waals surface area contributed by atoms with Crippen molar-refractivity contribution in [1.29, 1.82) is 0 Å². The molecule has 2 heterocycles. The highest BCUT2D eigenvalue weighted by Gasteiger charge is 2.21. The standard InChI is InChI=1S/C18H18N4OS2/c23-16(19-14-8-3-6-12-5-1-2-7-13(12)14)11-25-18-20-17(21-22-18)15-9-4-10-24-15/h1-2,4-5,7,9-10,14H,3,6,8,11H2,(H,19,23)(H,20,21,22)/t14-/m1/s1. The molecule has 1 atom stereocenters. The molecule has 5 nitrogen and oxygen atoms in total. The zero-order valence-corrected chi connectivity index (χ0v) is 15.2. The van der Waals surface area contributed by atoms with Gasteiger partial charge < -0.3 is 5.32 Å². The second-order valence-electron chi connectivity index (χ2n) is 5.94. The monoisotopic (exact) mass is 370 g/mol. The van der Waals surface area contributed by atoms with Gasteiger partial charge in [0.15, 0.2) is 5.82 Å². The van der Waals surface area contributed by atoms with E-state index in [0.29, 0.717) is 10.9 Å². The first-order valence-electron chi connectivity index (χ1n) is 8.26. The van der Waals surface area contributed by atoms with Crippen molar-refractivity contribution < 1.29 is 4.79 Å². The summed E-state index contributed by atoms with van der Waals surface area (Å²) in [6.07, 6.45) is 3.21. The van der Waals surface area contributed by atoms with Gasteiger partial charge in [-0.15, -0.1) is 16.4 Å². The molecular formula is C18H18N4OS2. The van der Waals surface area contributed by atoms with Crippen LogP contribution in [0.1, 0.15) is 30.0 Å². The largest absolute Gasteiger partial charge is 0.349 e. The second kappa shape index (κ2) is 7.41. The number of fused-ring (bicyclic) bond motifs is 1. The molecule has 3 aromatic rings. The first kappa shape index (κ1) is 16.4. The molecule has 0 saturated carbocycles. The number of thioether (sulfide) groups is 1. The topological polar surface area (TPSA) is 70.7 Å². The third-order valence-corrected chi connectivity index (χ3v) is 5.98. The predicted molar refractivity (Wildman–Crippen MR) is 101 cm³/mol. The average Bonchev–Trinajstić information content (AvgIpc) is 3.32. The third-order valence-electron chi connectivity index (χ3n) is 4.26. The smallest absolute Gasteiger partial charge is 0.230 e. The number of nitrogens with zero attached hydrogens (tertiary/aromatic N) is 2. The highest BCUT2D eigenvalue weighted by Crippen LogP contribution is 2.29. The summed E-state index contributed by atoms with van der Waals surface area (Å²) in [4.78, 5) is 17.8. The van der Waals surface area contributed by atoms with Gasteiger partial charge in [0.1, 0.15) is 0 Å². The molecule has 128 valence electrons. The molecule has 0 spiro atoms. The number of rotatable bonds is 5. The van der Waals surface area contributed by atoms with E-state index in [0.717, 1.165) is 30.0 Å². The Kier molecular flexibility index (Phi) is 4.85. The number of carbonyl (C=O) groups excluding carboxylic acids is 1. The molecule has 0 unspecified atom stereocenters. The Hall–Kier alpha value is -2.12. The Morgan fingerprint density at radius 2 is 2.24 bits per heavy atom. The lowest BCUT2D eigenvalue weighted by Crippen LogP contribution is -2.32. The minimum atomic E-state index is 0.0224. The van der Waals surface area contributed by atoms with Crippen molar-refractivity contribution in [2.75, 3.05) is 5.75 Å². The highest BCUT2D eigenvalue weighted by molar-refractivity contribution is 7.99. The fourth-order valence-corrected chi connectivity index (χ4v) is 4.38. The molecule has 1 amide bonds. The molecule has 1 aliphatic carbocycles. The summed E-state index contributed by atoms with van der Waals surface area (Å²) in [5.74, 6) is 1.09. The van der Waals surface area contributed by atoms with E-state index in [1.165, 1.54) is 22.9 Å². The van der Waals surface area contributed by atoms with Gasteiger partial charge in [0.2, 0.25) is 11.1 Å². The van der Waals surface area contributed by atoms with Crippen LogP contribution in [0.15, 0.2) is 46.9 Å². The zero-order valence-electron chi connectivity index (χ0n) is 13.6. The third kappa shape index (κ3) is 3.77. The lowest BCUT2D eigenvalue weighted by molar-refractivity contribution is -0.119. The van der Waals surface area contributed by atoms with Crippen molar-refractivity contribution in [2.24, 2.45) is 0 Å². The van der Waals surface area contributed by atoms with E-state index >= 15 is 0 Å². The molecule has 25 heavy (non-hydrogen) atoms. The van der Waals surface area contributed by atoms with Gasteiger partial charge in [-0.2, -0.15) is 0 Å². The van der Waals surface area contributed by atoms with Crippen LogP contribution in [0.25, 0.3) is 10.7 Å². The quantitative estimate of drug-likeness (QED) is 0.670. The van der Waals surface area contributed by atoms with Gasteiger partial charge in [0, 0.05) is 0 Å². The summed E-state index contributed by atoms with van der Waals surface area (Å²) < 4.78 is 0. The Morgan fingerprint density at radius 3 is 3.12 bits per heavy atom. The maximum atomic E-state index is 12.3. The number of hydrogen-bond acceptors (Lipinski definition) is 5. The van der Waals surface area contributed by atoms with Crippen LogP contribution in [-0.4, -0.2) is 26.8 Å². The van der Waals surface area contributed by atoms with E-state index < -0.39 is 0 Å². The Balaban J connectivity index is 1.34. The summed E-state index contributed by atoms with van der Waals surface area (Å²) in [7, 11) is 0. The number of aromatic amines is 1. The molecule has 0 aliphatic heterocycles. The van der Waals surface area contributed by atoms with Crippen LogP contribution in [-0.2, 0) is 11.2 Å². The van der Waals surface area contributed by atoms with Crippen molar-refractivity contribution in [1.82, 2.24) is 20.5 Å². The van der Waals surface area contributed by atoms with Gasteiger partial charge in [0.05, 0.1) is 16.7 Å². The van der Waals surface area contributed by atoms with Gasteiger partial charge in [-0.3, -0.25) is 9.89 Å². The van der Waals surface area contributed by atoms with Gasteiger partial charge >= 0.3 is 0 Å². The number of carbonyl (C=O) groups is 1. The van der Waals surface area contributed by atoms with Crippen LogP contribution in [0, 0.1) is 0 Å². The molecule has 0 saturated heterocycles. The minimum absolute atomic E-state index is 0.0224. The molecule has 4 rings (SSSR count). The van der Waals surface area contributed by atoms with E-state index in [-0.39, 0.29) is 11.9 Å². The molecule has 0 radical (unpaired) electrons. The predicted octanol–water partition coefficient (Wildman–Crippen LogP) is 3.82. The minimum Gasteiger partial charge on any atom is -0.349 e. The van der Waals surface area contributed by atoms with Gasteiger partial charge in [-0.05, 0) is 41.8 Å².